The summed E-state index contributed by atoms with van der Waals surface area (Å²) in [6.07, 6.45) is 0. The highest BCUT2D eigenvalue weighted by Gasteiger charge is 2.29. The minimum absolute atomic E-state index is 0.0615. The molecule has 9 nitrogen and oxygen atoms in total. The summed E-state index contributed by atoms with van der Waals surface area (Å²) in [7, 11) is 0. The zero-order valence-electron chi connectivity index (χ0n) is 15.9. The topological polar surface area (TPSA) is 122 Å². The van der Waals surface area contributed by atoms with Crippen LogP contribution in [0.15, 0.2) is 24.3 Å². The second kappa shape index (κ2) is 8.47. The maximum Gasteiger partial charge on any atom is 0.298 e. The maximum absolute atomic E-state index is 11.6. The summed E-state index contributed by atoms with van der Waals surface area (Å²) in [6.45, 7) is 7.24. The van der Waals surface area contributed by atoms with E-state index in [4.69, 9.17) is 9.47 Å². The quantitative estimate of drug-likeness (QED) is 0.377. The average Bonchev–Trinajstić information content (AvgIpc) is 2.61. The molecule has 0 saturated carbocycles. The first-order valence-corrected chi connectivity index (χ1v) is 8.52. The summed E-state index contributed by atoms with van der Waals surface area (Å²) >= 11 is 0. The van der Waals surface area contributed by atoms with Crippen LogP contribution >= 0.6 is 0 Å². The number of ether oxygens (including phenoxy) is 2. The van der Waals surface area contributed by atoms with Crippen molar-refractivity contribution in [3.8, 4) is 11.5 Å². The lowest BCUT2D eigenvalue weighted by Gasteiger charge is -2.17. The van der Waals surface area contributed by atoms with Crippen molar-refractivity contribution >= 4 is 17.8 Å². The Kier molecular flexibility index (Phi) is 6.29. The van der Waals surface area contributed by atoms with E-state index in [1.807, 2.05) is 0 Å². The Morgan fingerprint density at radius 2 is 1.71 bits per heavy atom. The Labute approximate surface area is 161 Å². The Hall–Kier alpha value is -3.49. The van der Waals surface area contributed by atoms with Crippen molar-refractivity contribution in [3.05, 3.63) is 66.7 Å². The fourth-order valence-corrected chi connectivity index (χ4v) is 3.15. The van der Waals surface area contributed by atoms with E-state index in [-0.39, 0.29) is 29.2 Å². The molecule has 0 aliphatic rings. The van der Waals surface area contributed by atoms with E-state index in [1.165, 1.54) is 12.1 Å². The molecular formula is C19H20N2O7. The molecular weight excluding hydrogens is 368 g/mol. The van der Waals surface area contributed by atoms with Crippen molar-refractivity contribution in [2.75, 3.05) is 6.61 Å². The number of benzene rings is 2. The standard InChI is InChI=1S/C19H20N2O7/c1-5-27-14-6-12(3)19(21(25)26)16(8-14)13(4)15-7-11(2)18(28-10-22)9-17(15)20(23)24/h6-10,13H,5H2,1-4H3. The Morgan fingerprint density at radius 1 is 1.04 bits per heavy atom. The van der Waals surface area contributed by atoms with Crippen LogP contribution in [0.5, 0.6) is 11.5 Å². The SMILES string of the molecule is CCOc1cc(C)c([N+](=O)[O-])c(C(C)c2cc(C)c(OC=O)cc2[N+](=O)[O-])c1. The van der Waals surface area contributed by atoms with Crippen LogP contribution in [0.4, 0.5) is 11.4 Å². The third-order valence-electron chi connectivity index (χ3n) is 4.43. The van der Waals surface area contributed by atoms with Gasteiger partial charge in [-0.05, 0) is 44.5 Å². The van der Waals surface area contributed by atoms with E-state index in [2.05, 4.69) is 0 Å². The molecule has 0 radical (unpaired) electrons. The van der Waals surface area contributed by atoms with Gasteiger partial charge in [0.2, 0.25) is 0 Å². The van der Waals surface area contributed by atoms with Gasteiger partial charge < -0.3 is 9.47 Å². The molecule has 0 aromatic heterocycles. The number of carbonyl (C=O) groups is 1. The number of nitro benzene ring substituents is 2. The summed E-state index contributed by atoms with van der Waals surface area (Å²) in [5.41, 5.74) is 1.08. The Morgan fingerprint density at radius 3 is 2.25 bits per heavy atom. The number of hydrogen-bond acceptors (Lipinski definition) is 7. The van der Waals surface area contributed by atoms with Crippen LogP contribution in [-0.4, -0.2) is 22.9 Å². The molecule has 0 bridgehead atoms. The molecule has 148 valence electrons. The summed E-state index contributed by atoms with van der Waals surface area (Å²) in [5.74, 6) is -0.164. The predicted molar refractivity (Wildman–Crippen MR) is 101 cm³/mol. The number of carbonyl (C=O) groups excluding carboxylic acids is 1. The average molecular weight is 388 g/mol. The molecule has 0 amide bonds. The lowest BCUT2D eigenvalue weighted by Crippen LogP contribution is -2.08. The second-order valence-corrected chi connectivity index (χ2v) is 6.24. The molecule has 0 heterocycles. The highest BCUT2D eigenvalue weighted by molar-refractivity contribution is 5.61. The van der Waals surface area contributed by atoms with Gasteiger partial charge in [-0.3, -0.25) is 25.0 Å². The molecule has 1 atom stereocenters. The van der Waals surface area contributed by atoms with Gasteiger partial charge in [0.1, 0.15) is 11.5 Å². The van der Waals surface area contributed by atoms with Crippen molar-refractivity contribution in [1.29, 1.82) is 0 Å². The number of hydrogen-bond donors (Lipinski definition) is 0. The summed E-state index contributed by atoms with van der Waals surface area (Å²) in [5, 5.41) is 23.2. The Balaban J connectivity index is 2.73. The smallest absolute Gasteiger partial charge is 0.298 e. The van der Waals surface area contributed by atoms with E-state index in [1.54, 1.807) is 33.8 Å². The van der Waals surface area contributed by atoms with Crippen molar-refractivity contribution in [2.45, 2.75) is 33.6 Å². The lowest BCUT2D eigenvalue weighted by atomic mass is 9.88. The van der Waals surface area contributed by atoms with E-state index in [9.17, 15) is 25.0 Å². The van der Waals surface area contributed by atoms with Crippen LogP contribution in [0, 0.1) is 34.1 Å². The molecule has 0 N–H and O–H groups in total. The third-order valence-corrected chi connectivity index (χ3v) is 4.43. The predicted octanol–water partition coefficient (Wildman–Crippen LogP) is 4.21. The van der Waals surface area contributed by atoms with Gasteiger partial charge in [-0.2, -0.15) is 0 Å². The van der Waals surface area contributed by atoms with Crippen LogP contribution in [-0.2, 0) is 4.79 Å². The molecule has 28 heavy (non-hydrogen) atoms. The molecule has 1 unspecified atom stereocenters. The molecule has 2 aromatic rings. The van der Waals surface area contributed by atoms with Gasteiger partial charge in [0.15, 0.2) is 0 Å². The zero-order chi connectivity index (χ0) is 21.0. The monoisotopic (exact) mass is 388 g/mol. The highest BCUT2D eigenvalue weighted by atomic mass is 16.6. The fraction of sp³-hybridized carbons (Fsp3) is 0.316. The third kappa shape index (κ3) is 4.08. The van der Waals surface area contributed by atoms with Crippen LogP contribution in [0.1, 0.15) is 42.0 Å². The van der Waals surface area contributed by atoms with Gasteiger partial charge in [-0.15, -0.1) is 0 Å². The molecule has 2 rings (SSSR count). The van der Waals surface area contributed by atoms with Gasteiger partial charge in [0.25, 0.3) is 17.8 Å². The number of rotatable bonds is 8. The number of aryl methyl sites for hydroxylation is 2. The van der Waals surface area contributed by atoms with E-state index in [0.29, 0.717) is 29.0 Å². The largest absolute Gasteiger partial charge is 0.494 e. The molecule has 0 aliphatic heterocycles. The first kappa shape index (κ1) is 20.8. The molecule has 0 fully saturated rings. The fourth-order valence-electron chi connectivity index (χ4n) is 3.15. The van der Waals surface area contributed by atoms with Crippen LogP contribution in [0.2, 0.25) is 0 Å². The van der Waals surface area contributed by atoms with Gasteiger partial charge in [-0.1, -0.05) is 6.92 Å². The first-order chi connectivity index (χ1) is 13.2. The van der Waals surface area contributed by atoms with Gasteiger partial charge >= 0.3 is 0 Å². The molecule has 2 aromatic carbocycles. The van der Waals surface area contributed by atoms with Crippen molar-refractivity contribution in [1.82, 2.24) is 0 Å². The zero-order valence-corrected chi connectivity index (χ0v) is 15.9. The van der Waals surface area contributed by atoms with Crippen LogP contribution in [0.25, 0.3) is 0 Å². The van der Waals surface area contributed by atoms with E-state index >= 15 is 0 Å². The molecule has 0 saturated heterocycles. The van der Waals surface area contributed by atoms with Gasteiger partial charge in [0.05, 0.1) is 22.5 Å². The van der Waals surface area contributed by atoms with Crippen molar-refractivity contribution in [2.24, 2.45) is 0 Å². The molecule has 0 aliphatic carbocycles. The minimum atomic E-state index is -0.677. The van der Waals surface area contributed by atoms with E-state index < -0.39 is 15.8 Å². The van der Waals surface area contributed by atoms with Crippen LogP contribution < -0.4 is 9.47 Å². The summed E-state index contributed by atoms with van der Waals surface area (Å²) in [4.78, 5) is 32.7. The van der Waals surface area contributed by atoms with Gasteiger partial charge in [0, 0.05) is 22.6 Å². The molecule has 0 spiro atoms. The lowest BCUT2D eigenvalue weighted by molar-refractivity contribution is -0.387. The van der Waals surface area contributed by atoms with E-state index in [0.717, 1.165) is 6.07 Å². The Bertz CT molecular complexity index is 940. The minimum Gasteiger partial charge on any atom is -0.494 e. The number of nitro groups is 2. The first-order valence-electron chi connectivity index (χ1n) is 8.52. The van der Waals surface area contributed by atoms with Crippen molar-refractivity contribution in [3.63, 3.8) is 0 Å². The maximum atomic E-state index is 11.6. The second-order valence-electron chi connectivity index (χ2n) is 6.24. The normalized spacial score (nSPS) is 11.6. The summed E-state index contributed by atoms with van der Waals surface area (Å²) < 4.78 is 10.3. The molecule has 9 heteroatoms. The highest BCUT2D eigenvalue weighted by Crippen LogP contribution is 2.41. The van der Waals surface area contributed by atoms with Crippen LogP contribution in [0.3, 0.4) is 0 Å². The van der Waals surface area contributed by atoms with Crippen molar-refractivity contribution < 1.29 is 24.1 Å². The van der Waals surface area contributed by atoms with Gasteiger partial charge in [-0.25, -0.2) is 0 Å². The number of nitrogens with zero attached hydrogens (tertiary/aromatic N) is 2. The summed E-state index contributed by atoms with van der Waals surface area (Å²) in [6, 6.07) is 5.77.